The number of halogens is 1. The Balaban J connectivity index is 0.000000317. The number of carbonyl (C=O) groups is 2. The summed E-state index contributed by atoms with van der Waals surface area (Å²) in [6.45, 7) is 1.44. The summed E-state index contributed by atoms with van der Waals surface area (Å²) >= 11 is 4.64. The lowest BCUT2D eigenvalue weighted by Crippen LogP contribution is -2.12. The Labute approximate surface area is 103 Å². The summed E-state index contributed by atoms with van der Waals surface area (Å²) in [5, 5.41) is -0.361. The van der Waals surface area contributed by atoms with E-state index in [0.29, 0.717) is 4.76 Å². The second-order valence-corrected chi connectivity index (χ2v) is 3.83. The van der Waals surface area contributed by atoms with Crippen molar-refractivity contribution in [3.63, 3.8) is 0 Å². The van der Waals surface area contributed by atoms with E-state index in [1.165, 1.54) is 6.92 Å². The molecule has 0 saturated carbocycles. The molecular weight excluding hydrogens is 246 g/mol. The predicted molar refractivity (Wildman–Crippen MR) is 60.7 cm³/mol. The first-order chi connectivity index (χ1) is 8.02. The van der Waals surface area contributed by atoms with Crippen molar-refractivity contribution >= 4 is 22.9 Å². The zero-order chi connectivity index (χ0) is 12.8. The van der Waals surface area contributed by atoms with Crippen LogP contribution >= 0.6 is 11.6 Å². The van der Waals surface area contributed by atoms with Gasteiger partial charge in [-0.05, 0) is 11.6 Å². The van der Waals surface area contributed by atoms with E-state index in [1.54, 1.807) is 12.1 Å². The van der Waals surface area contributed by atoms with Crippen molar-refractivity contribution in [1.82, 2.24) is 0 Å². The number of hydrogen-bond donors (Lipinski definition) is 0. The number of benzene rings is 1. The highest BCUT2D eigenvalue weighted by Gasteiger charge is 2.44. The van der Waals surface area contributed by atoms with Gasteiger partial charge < -0.3 is 4.74 Å². The molecule has 0 aromatic heterocycles. The van der Waals surface area contributed by atoms with Crippen LogP contribution in [-0.2, 0) is 9.53 Å². The third-order valence-electron chi connectivity index (χ3n) is 2.01. The highest BCUT2D eigenvalue weighted by Crippen LogP contribution is 2.22. The summed E-state index contributed by atoms with van der Waals surface area (Å²) in [5.41, 5.74) is 0.809. The smallest absolute Gasteiger partial charge is 0.401 e. The minimum atomic E-state index is -0.797. The Bertz CT molecular complexity index is 428. The molecular formula is C11H11ClNO4+. The minimum absolute atomic E-state index is 0.145. The number of nitroso groups, excluding NO2 is 1. The molecule has 2 rings (SSSR count). The molecule has 0 bridgehead atoms. The third kappa shape index (κ3) is 3.96. The lowest BCUT2D eigenvalue weighted by Gasteiger charge is -1.96. The van der Waals surface area contributed by atoms with Crippen molar-refractivity contribution in [3.8, 4) is 0 Å². The molecule has 1 aromatic rings. The SMILES string of the molecule is CC(=O)Cl.O=C1OCC(c2ccccc2)[N+]1=O. The summed E-state index contributed by atoms with van der Waals surface area (Å²) in [6, 6.07) is 8.64. The average Bonchev–Trinajstić information content (AvgIpc) is 2.60. The number of cyclic esters (lactones) is 1. The lowest BCUT2D eigenvalue weighted by molar-refractivity contribution is -0.482. The Morgan fingerprint density at radius 2 is 1.94 bits per heavy atom. The molecule has 1 saturated heterocycles. The molecule has 0 radical (unpaired) electrons. The minimum Gasteiger partial charge on any atom is -0.401 e. The zero-order valence-electron chi connectivity index (χ0n) is 9.13. The highest BCUT2D eigenvalue weighted by atomic mass is 35.5. The fourth-order valence-electron chi connectivity index (χ4n) is 1.32. The molecule has 1 atom stereocenters. The van der Waals surface area contributed by atoms with Gasteiger partial charge in [-0.2, -0.15) is 4.79 Å². The first-order valence-electron chi connectivity index (χ1n) is 4.86. The standard InChI is InChI=1S/C9H8NO3.C2H3ClO/c11-9-10(12)8(6-13-9)7-4-2-1-3-5-7;1-2(3)4/h1-5,8H,6H2;1H3/q+1;. The van der Waals surface area contributed by atoms with Crippen LogP contribution in [0.25, 0.3) is 0 Å². The summed E-state index contributed by atoms with van der Waals surface area (Å²) in [5.74, 6) is 0. The van der Waals surface area contributed by atoms with E-state index in [2.05, 4.69) is 16.3 Å². The first kappa shape index (κ1) is 13.3. The number of ether oxygens (including phenoxy) is 1. The maximum absolute atomic E-state index is 11.1. The highest BCUT2D eigenvalue weighted by molar-refractivity contribution is 6.62. The van der Waals surface area contributed by atoms with Gasteiger partial charge in [-0.1, -0.05) is 30.3 Å². The maximum Gasteiger partial charge on any atom is 0.645 e. The zero-order valence-corrected chi connectivity index (χ0v) is 9.89. The van der Waals surface area contributed by atoms with Gasteiger partial charge in [-0.25, -0.2) is 0 Å². The normalized spacial score (nSPS) is 18.1. The molecule has 5 nitrogen and oxygen atoms in total. The molecule has 1 heterocycles. The van der Waals surface area contributed by atoms with Crippen molar-refractivity contribution in [2.45, 2.75) is 13.0 Å². The molecule has 17 heavy (non-hydrogen) atoms. The number of nitrogens with zero attached hydrogens (tertiary/aromatic N) is 1. The number of hydrogen-bond acceptors (Lipinski definition) is 4. The first-order valence-corrected chi connectivity index (χ1v) is 5.24. The largest absolute Gasteiger partial charge is 0.645 e. The Hall–Kier alpha value is -1.75. The molecule has 0 spiro atoms. The van der Waals surface area contributed by atoms with Crippen molar-refractivity contribution in [2.24, 2.45) is 0 Å². The quantitative estimate of drug-likeness (QED) is 0.572. The van der Waals surface area contributed by atoms with Gasteiger partial charge in [0.1, 0.15) is 4.76 Å². The fraction of sp³-hybridized carbons (Fsp3) is 0.273. The lowest BCUT2D eigenvalue weighted by atomic mass is 10.1. The number of rotatable bonds is 1. The van der Waals surface area contributed by atoms with Crippen LogP contribution in [0.2, 0.25) is 0 Å². The summed E-state index contributed by atoms with van der Waals surface area (Å²) in [6.07, 6.45) is -0.797. The Morgan fingerprint density at radius 3 is 2.35 bits per heavy atom. The molecule has 1 unspecified atom stereocenters. The number of carbonyl (C=O) groups excluding carboxylic acids is 2. The molecule has 1 amide bonds. The molecule has 1 fully saturated rings. The van der Waals surface area contributed by atoms with Crippen molar-refractivity contribution < 1.29 is 19.1 Å². The van der Waals surface area contributed by atoms with Crippen LogP contribution in [0.5, 0.6) is 0 Å². The van der Waals surface area contributed by atoms with Gasteiger partial charge in [0.25, 0.3) is 6.04 Å². The second kappa shape index (κ2) is 6.10. The van der Waals surface area contributed by atoms with Crippen molar-refractivity contribution in [2.75, 3.05) is 6.61 Å². The van der Waals surface area contributed by atoms with Crippen LogP contribution in [0.1, 0.15) is 18.5 Å². The van der Waals surface area contributed by atoms with E-state index in [9.17, 15) is 14.5 Å². The van der Waals surface area contributed by atoms with Gasteiger partial charge in [0.05, 0.1) is 0 Å². The van der Waals surface area contributed by atoms with Crippen LogP contribution in [-0.4, -0.2) is 22.7 Å². The molecule has 0 aliphatic carbocycles. The monoisotopic (exact) mass is 256 g/mol. The van der Waals surface area contributed by atoms with Crippen molar-refractivity contribution in [3.05, 3.63) is 40.8 Å². The van der Waals surface area contributed by atoms with Gasteiger partial charge in [0.2, 0.25) is 5.24 Å². The van der Waals surface area contributed by atoms with E-state index < -0.39 is 12.1 Å². The number of amides is 1. The average molecular weight is 257 g/mol. The molecule has 1 aliphatic heterocycles. The molecule has 1 aliphatic rings. The van der Waals surface area contributed by atoms with Crippen LogP contribution in [0.4, 0.5) is 4.79 Å². The van der Waals surface area contributed by atoms with Crippen LogP contribution in [0.15, 0.2) is 30.3 Å². The van der Waals surface area contributed by atoms with Gasteiger partial charge >= 0.3 is 6.09 Å². The topological polar surface area (TPSA) is 63.5 Å². The Morgan fingerprint density at radius 1 is 1.41 bits per heavy atom. The summed E-state index contributed by atoms with van der Waals surface area (Å²) in [7, 11) is 0. The van der Waals surface area contributed by atoms with Crippen molar-refractivity contribution in [1.29, 1.82) is 0 Å². The fourth-order valence-corrected chi connectivity index (χ4v) is 1.32. The van der Waals surface area contributed by atoms with Gasteiger partial charge in [0, 0.05) is 17.4 Å². The van der Waals surface area contributed by atoms with E-state index in [-0.39, 0.29) is 11.8 Å². The Kier molecular flexibility index (Phi) is 4.78. The van der Waals surface area contributed by atoms with E-state index in [0.717, 1.165) is 5.56 Å². The predicted octanol–water partition coefficient (Wildman–Crippen LogP) is 2.43. The summed E-state index contributed by atoms with van der Waals surface area (Å²) < 4.78 is 4.98. The molecule has 0 N–H and O–H groups in total. The van der Waals surface area contributed by atoms with Crippen LogP contribution in [0.3, 0.4) is 0 Å². The van der Waals surface area contributed by atoms with E-state index in [4.69, 9.17) is 0 Å². The molecule has 6 heteroatoms. The molecule has 1 aromatic carbocycles. The van der Waals surface area contributed by atoms with E-state index in [1.807, 2.05) is 18.2 Å². The summed E-state index contributed by atoms with van der Waals surface area (Å²) in [4.78, 5) is 31.1. The maximum atomic E-state index is 11.1. The van der Waals surface area contributed by atoms with E-state index >= 15 is 0 Å². The van der Waals surface area contributed by atoms with Crippen LogP contribution in [0, 0.1) is 4.91 Å². The second-order valence-electron chi connectivity index (χ2n) is 3.30. The van der Waals surface area contributed by atoms with Crippen LogP contribution < -0.4 is 0 Å². The third-order valence-corrected chi connectivity index (χ3v) is 2.01. The van der Waals surface area contributed by atoms with Gasteiger partial charge in [-0.15, -0.1) is 0 Å². The van der Waals surface area contributed by atoms with Gasteiger partial charge in [0.15, 0.2) is 6.61 Å². The molecule has 90 valence electrons. The van der Waals surface area contributed by atoms with Gasteiger partial charge in [-0.3, -0.25) is 4.79 Å².